The number of methoxy groups -OCH3 is 1. The number of rotatable bonds is 3. The molecule has 2 atom stereocenters. The van der Waals surface area contributed by atoms with Crippen molar-refractivity contribution in [1.29, 1.82) is 0 Å². The maximum absolute atomic E-state index is 12.9. The summed E-state index contributed by atoms with van der Waals surface area (Å²) in [5, 5.41) is 2.20. The summed E-state index contributed by atoms with van der Waals surface area (Å²) in [7, 11) is -2.43. The van der Waals surface area contributed by atoms with E-state index in [1.54, 1.807) is 19.1 Å². The highest BCUT2D eigenvalue weighted by molar-refractivity contribution is 8.00. The Morgan fingerprint density at radius 1 is 1.42 bits per heavy atom. The minimum atomic E-state index is -3.73. The normalized spacial score (nSPS) is 24.3. The second-order valence-corrected chi connectivity index (χ2v) is 8.95. The highest BCUT2D eigenvalue weighted by Gasteiger charge is 2.35. The molecule has 0 spiro atoms. The number of fused-ring (bicyclic) bond motifs is 1. The molecule has 0 bridgehead atoms. The molecule has 1 amide bonds. The van der Waals surface area contributed by atoms with Crippen molar-refractivity contribution >= 4 is 39.3 Å². The van der Waals surface area contributed by atoms with Gasteiger partial charge in [0.25, 0.3) is 0 Å². The molecular formula is C15H18N2O5S2. The Balaban J connectivity index is 1.89. The van der Waals surface area contributed by atoms with Gasteiger partial charge in [0.1, 0.15) is 5.25 Å². The summed E-state index contributed by atoms with van der Waals surface area (Å²) in [6.45, 7) is 2.16. The molecule has 0 aromatic heterocycles. The number of thioether (sulfide) groups is 1. The van der Waals surface area contributed by atoms with Gasteiger partial charge in [0.2, 0.25) is 15.9 Å². The van der Waals surface area contributed by atoms with Gasteiger partial charge in [0.05, 0.1) is 17.9 Å². The third-order valence-corrected chi connectivity index (χ3v) is 7.30. The van der Waals surface area contributed by atoms with Crippen molar-refractivity contribution in [3.8, 4) is 0 Å². The van der Waals surface area contributed by atoms with Gasteiger partial charge in [-0.25, -0.2) is 8.42 Å². The van der Waals surface area contributed by atoms with Gasteiger partial charge in [-0.15, -0.1) is 11.8 Å². The largest absolute Gasteiger partial charge is 0.468 e. The van der Waals surface area contributed by atoms with Crippen molar-refractivity contribution in [2.75, 3.05) is 31.3 Å². The lowest BCUT2D eigenvalue weighted by atomic mass is 10.0. The second-order valence-electron chi connectivity index (χ2n) is 5.71. The molecular weight excluding hydrogens is 352 g/mol. The maximum atomic E-state index is 12.9. The number of nitrogens with one attached hydrogen (secondary N) is 1. The van der Waals surface area contributed by atoms with Crippen LogP contribution in [0.5, 0.6) is 0 Å². The summed E-state index contributed by atoms with van der Waals surface area (Å²) < 4.78 is 31.8. The first-order chi connectivity index (χ1) is 11.3. The maximum Gasteiger partial charge on any atom is 0.320 e. The number of anilines is 1. The molecule has 1 N–H and O–H groups in total. The van der Waals surface area contributed by atoms with Gasteiger partial charge in [-0.05, 0) is 30.7 Å². The van der Waals surface area contributed by atoms with Crippen LogP contribution in [-0.2, 0) is 24.3 Å². The number of ether oxygens (including phenoxy) is 1. The van der Waals surface area contributed by atoms with Gasteiger partial charge < -0.3 is 10.1 Å². The highest BCUT2D eigenvalue weighted by atomic mass is 32.2. The number of carbonyl (C=O) groups excluding carboxylic acids is 2. The predicted octanol–water partition coefficient (Wildman–Crippen LogP) is 1.02. The average Bonchev–Trinajstić information content (AvgIpc) is 2.88. The summed E-state index contributed by atoms with van der Waals surface area (Å²) in [4.78, 5) is 23.6. The number of hydrogen-bond donors (Lipinski definition) is 1. The van der Waals surface area contributed by atoms with Gasteiger partial charge in [-0.2, -0.15) is 4.31 Å². The van der Waals surface area contributed by atoms with Crippen LogP contribution in [0.15, 0.2) is 23.1 Å². The molecule has 1 saturated heterocycles. The second kappa shape index (κ2) is 6.38. The fraction of sp³-hybridized carbons (Fsp3) is 0.467. The Bertz CT molecular complexity index is 793. The lowest BCUT2D eigenvalue weighted by Gasteiger charge is -2.30. The van der Waals surface area contributed by atoms with Crippen LogP contribution in [0.1, 0.15) is 18.4 Å². The van der Waals surface area contributed by atoms with Crippen molar-refractivity contribution in [2.24, 2.45) is 0 Å². The number of esters is 1. The molecule has 3 rings (SSSR count). The fourth-order valence-corrected chi connectivity index (χ4v) is 5.65. The average molecular weight is 370 g/mol. The first kappa shape index (κ1) is 17.2. The van der Waals surface area contributed by atoms with E-state index < -0.39 is 21.2 Å². The molecule has 0 saturated carbocycles. The third kappa shape index (κ3) is 2.91. The van der Waals surface area contributed by atoms with Crippen LogP contribution in [0, 0.1) is 0 Å². The molecule has 2 aliphatic heterocycles. The van der Waals surface area contributed by atoms with Crippen LogP contribution in [0.25, 0.3) is 0 Å². The molecule has 1 fully saturated rings. The number of amides is 1. The number of hydrogen-bond acceptors (Lipinski definition) is 6. The van der Waals surface area contributed by atoms with E-state index in [1.807, 2.05) is 0 Å². The van der Waals surface area contributed by atoms with Crippen LogP contribution in [0.2, 0.25) is 0 Å². The third-order valence-electron chi connectivity index (χ3n) is 4.27. The Morgan fingerprint density at radius 2 is 2.17 bits per heavy atom. The first-order valence-corrected chi connectivity index (χ1v) is 9.98. The molecule has 1 aromatic carbocycles. The van der Waals surface area contributed by atoms with Crippen LogP contribution in [0.3, 0.4) is 0 Å². The topological polar surface area (TPSA) is 92.8 Å². The van der Waals surface area contributed by atoms with E-state index in [4.69, 9.17) is 4.74 Å². The van der Waals surface area contributed by atoms with Crippen molar-refractivity contribution in [2.45, 2.75) is 23.0 Å². The van der Waals surface area contributed by atoms with Gasteiger partial charge >= 0.3 is 5.97 Å². The molecule has 24 heavy (non-hydrogen) atoms. The molecule has 0 radical (unpaired) electrons. The quantitative estimate of drug-likeness (QED) is 0.799. The van der Waals surface area contributed by atoms with Crippen LogP contribution < -0.4 is 5.32 Å². The van der Waals surface area contributed by atoms with E-state index in [9.17, 15) is 18.0 Å². The predicted molar refractivity (Wildman–Crippen MR) is 90.5 cm³/mol. The van der Waals surface area contributed by atoms with Gasteiger partial charge in [0.15, 0.2) is 0 Å². The number of carbonyl (C=O) groups is 2. The van der Waals surface area contributed by atoms with Crippen molar-refractivity contribution in [3.63, 3.8) is 0 Å². The van der Waals surface area contributed by atoms with Crippen LogP contribution in [0.4, 0.5) is 5.69 Å². The first-order valence-electron chi connectivity index (χ1n) is 7.49. The summed E-state index contributed by atoms with van der Waals surface area (Å²) in [6.07, 6.45) is 0. The number of sulfonamides is 1. The minimum absolute atomic E-state index is 0.0868. The zero-order valence-electron chi connectivity index (χ0n) is 13.3. The molecule has 2 heterocycles. The van der Waals surface area contributed by atoms with Crippen molar-refractivity contribution < 1.29 is 22.7 Å². The Hall–Kier alpha value is -1.58. The molecule has 0 aliphatic carbocycles. The minimum Gasteiger partial charge on any atom is -0.468 e. The van der Waals surface area contributed by atoms with Gasteiger partial charge in [-0.3, -0.25) is 9.59 Å². The molecule has 130 valence electrons. The van der Waals surface area contributed by atoms with E-state index >= 15 is 0 Å². The standard InChI is InChI=1S/C15H18N2O5S2/c1-9-11-7-10(3-4-12(11)16-14(9)18)24(20,21)17-5-6-23-13(8-17)15(19)22-2/h3-4,7,9,13H,5-6,8H2,1-2H3,(H,16,18)/t9-,13+/m1/s1. The van der Waals surface area contributed by atoms with Crippen LogP contribution >= 0.6 is 11.8 Å². The van der Waals surface area contributed by atoms with Crippen molar-refractivity contribution in [3.05, 3.63) is 23.8 Å². The summed E-state index contributed by atoms with van der Waals surface area (Å²) in [5.74, 6) is -0.410. The number of nitrogens with zero attached hydrogens (tertiary/aromatic N) is 1. The summed E-state index contributed by atoms with van der Waals surface area (Å²) in [6, 6.07) is 4.64. The lowest BCUT2D eigenvalue weighted by Crippen LogP contribution is -2.44. The Kier molecular flexibility index (Phi) is 4.58. The zero-order valence-corrected chi connectivity index (χ0v) is 14.9. The van der Waals surface area contributed by atoms with E-state index in [0.717, 1.165) is 0 Å². The van der Waals surface area contributed by atoms with E-state index in [-0.39, 0.29) is 23.3 Å². The fourth-order valence-electron chi connectivity index (χ4n) is 2.82. The Labute approximate surface area is 144 Å². The van der Waals surface area contributed by atoms with E-state index in [0.29, 0.717) is 23.5 Å². The molecule has 9 heteroatoms. The van der Waals surface area contributed by atoms with E-state index in [1.165, 1.54) is 29.2 Å². The van der Waals surface area contributed by atoms with Crippen LogP contribution in [-0.4, -0.2) is 55.8 Å². The monoisotopic (exact) mass is 370 g/mol. The van der Waals surface area contributed by atoms with Crippen molar-refractivity contribution in [1.82, 2.24) is 4.31 Å². The van der Waals surface area contributed by atoms with Gasteiger partial charge in [0, 0.05) is 24.5 Å². The highest BCUT2D eigenvalue weighted by Crippen LogP contribution is 2.35. The van der Waals surface area contributed by atoms with Gasteiger partial charge in [-0.1, -0.05) is 0 Å². The lowest BCUT2D eigenvalue weighted by molar-refractivity contribution is -0.140. The molecule has 0 unspecified atom stereocenters. The molecule has 1 aromatic rings. The summed E-state index contributed by atoms with van der Waals surface area (Å²) >= 11 is 1.40. The summed E-state index contributed by atoms with van der Waals surface area (Å²) in [5.41, 5.74) is 1.32. The zero-order chi connectivity index (χ0) is 17.5. The Morgan fingerprint density at radius 3 is 2.88 bits per heavy atom. The van der Waals surface area contributed by atoms with E-state index in [2.05, 4.69) is 5.32 Å². The number of benzene rings is 1. The molecule has 2 aliphatic rings. The smallest absolute Gasteiger partial charge is 0.320 e. The SMILES string of the molecule is COC(=O)[C@@H]1CN(S(=O)(=O)c2ccc3c(c2)[C@@H](C)C(=O)N3)CCS1. The molecule has 7 nitrogen and oxygen atoms in total.